The van der Waals surface area contributed by atoms with Crippen LogP contribution in [0.3, 0.4) is 0 Å². The van der Waals surface area contributed by atoms with Gasteiger partial charge in [0.15, 0.2) is 17.3 Å². The summed E-state index contributed by atoms with van der Waals surface area (Å²) < 4.78 is 16.0. The predicted octanol–water partition coefficient (Wildman–Crippen LogP) is 3.74. The van der Waals surface area contributed by atoms with Crippen LogP contribution in [0, 0.1) is 0 Å². The molecule has 0 unspecified atom stereocenters. The Morgan fingerprint density at radius 3 is 2.14 bits per heavy atom. The van der Waals surface area contributed by atoms with Crippen LogP contribution in [0.5, 0.6) is 17.2 Å². The summed E-state index contributed by atoms with van der Waals surface area (Å²) in [7, 11) is 4.63. The molecule has 6 heteroatoms. The van der Waals surface area contributed by atoms with E-state index in [4.69, 9.17) is 14.2 Å². The number of amides is 1. The summed E-state index contributed by atoms with van der Waals surface area (Å²) in [5.74, 6) is 1.54. The lowest BCUT2D eigenvalue weighted by molar-refractivity contribution is -0.117. The molecule has 0 N–H and O–H groups in total. The fraction of sp³-hybridized carbons (Fsp3) is 0.273. The minimum absolute atomic E-state index is 0.126. The van der Waals surface area contributed by atoms with Crippen LogP contribution in [0.4, 0.5) is 5.69 Å². The highest BCUT2D eigenvalue weighted by molar-refractivity contribution is 6.07. The molecule has 0 aliphatic carbocycles. The third-order valence-electron chi connectivity index (χ3n) is 4.65. The van der Waals surface area contributed by atoms with Crippen LogP contribution in [0.1, 0.15) is 28.8 Å². The first-order valence-electron chi connectivity index (χ1n) is 9.00. The highest BCUT2D eigenvalue weighted by Crippen LogP contribution is 2.38. The van der Waals surface area contributed by atoms with Crippen LogP contribution in [-0.2, 0) is 4.79 Å². The minimum Gasteiger partial charge on any atom is -0.493 e. The highest BCUT2D eigenvalue weighted by Gasteiger charge is 2.21. The first-order valence-corrected chi connectivity index (χ1v) is 9.00. The highest BCUT2D eigenvalue weighted by atomic mass is 16.5. The number of hydrogen-bond acceptors (Lipinski definition) is 5. The largest absolute Gasteiger partial charge is 0.493 e. The molecule has 1 fully saturated rings. The molecular formula is C22H23NO5. The molecule has 0 radical (unpaired) electrons. The van der Waals surface area contributed by atoms with Gasteiger partial charge in [-0.25, -0.2) is 0 Å². The van der Waals surface area contributed by atoms with E-state index in [2.05, 4.69) is 0 Å². The zero-order valence-corrected chi connectivity index (χ0v) is 16.2. The van der Waals surface area contributed by atoms with Crippen LogP contribution in [0.2, 0.25) is 0 Å². The lowest BCUT2D eigenvalue weighted by Crippen LogP contribution is -2.23. The second-order valence-corrected chi connectivity index (χ2v) is 6.35. The molecule has 0 saturated carbocycles. The number of benzene rings is 2. The van der Waals surface area contributed by atoms with E-state index in [1.165, 1.54) is 6.08 Å². The van der Waals surface area contributed by atoms with Gasteiger partial charge in [-0.15, -0.1) is 0 Å². The van der Waals surface area contributed by atoms with Crippen molar-refractivity contribution in [1.29, 1.82) is 0 Å². The number of rotatable bonds is 7. The van der Waals surface area contributed by atoms with Crippen molar-refractivity contribution < 1.29 is 23.8 Å². The predicted molar refractivity (Wildman–Crippen MR) is 107 cm³/mol. The van der Waals surface area contributed by atoms with E-state index in [-0.39, 0.29) is 11.7 Å². The van der Waals surface area contributed by atoms with Crippen molar-refractivity contribution in [3.8, 4) is 17.2 Å². The van der Waals surface area contributed by atoms with E-state index < -0.39 is 0 Å². The fourth-order valence-corrected chi connectivity index (χ4v) is 3.19. The van der Waals surface area contributed by atoms with E-state index in [1.807, 2.05) is 12.1 Å². The molecule has 146 valence electrons. The van der Waals surface area contributed by atoms with Gasteiger partial charge in [-0.05, 0) is 54.5 Å². The second kappa shape index (κ2) is 8.61. The van der Waals surface area contributed by atoms with Gasteiger partial charge < -0.3 is 19.1 Å². The Balaban J connectivity index is 1.77. The van der Waals surface area contributed by atoms with Gasteiger partial charge in [0.25, 0.3) is 0 Å². The summed E-state index contributed by atoms with van der Waals surface area (Å²) in [6.45, 7) is 0.729. The second-order valence-electron chi connectivity index (χ2n) is 6.35. The van der Waals surface area contributed by atoms with Crippen molar-refractivity contribution >= 4 is 23.5 Å². The van der Waals surface area contributed by atoms with Crippen LogP contribution >= 0.6 is 0 Å². The molecule has 1 amide bonds. The van der Waals surface area contributed by atoms with Crippen molar-refractivity contribution in [3.63, 3.8) is 0 Å². The van der Waals surface area contributed by atoms with Crippen LogP contribution in [0.25, 0.3) is 6.08 Å². The van der Waals surface area contributed by atoms with Gasteiger partial charge in [-0.3, -0.25) is 9.59 Å². The number of ether oxygens (including phenoxy) is 3. The summed E-state index contributed by atoms with van der Waals surface area (Å²) >= 11 is 0. The smallest absolute Gasteiger partial charge is 0.227 e. The van der Waals surface area contributed by atoms with Crippen LogP contribution in [0.15, 0.2) is 42.5 Å². The minimum atomic E-state index is -0.131. The van der Waals surface area contributed by atoms with Crippen molar-refractivity contribution in [3.05, 3.63) is 53.6 Å². The van der Waals surface area contributed by atoms with Gasteiger partial charge in [0.05, 0.1) is 21.3 Å². The SMILES string of the molecule is COc1cc(/C=C/C(=O)c2ccc(N3CCCC3=O)cc2)cc(OC)c1OC. The standard InChI is InChI=1S/C22H23NO5/c1-26-19-13-15(14-20(27-2)22(19)28-3)6-11-18(24)16-7-9-17(10-8-16)23-12-4-5-21(23)25/h6-11,13-14H,4-5,12H2,1-3H3/b11-6+. The van der Waals surface area contributed by atoms with E-state index in [1.54, 1.807) is 56.6 Å². The number of anilines is 1. The Morgan fingerprint density at radius 2 is 1.64 bits per heavy atom. The zero-order chi connectivity index (χ0) is 20.1. The fourth-order valence-electron chi connectivity index (χ4n) is 3.19. The van der Waals surface area contributed by atoms with Gasteiger partial charge in [-0.1, -0.05) is 6.08 Å². The molecule has 3 rings (SSSR count). The third kappa shape index (κ3) is 4.01. The summed E-state index contributed by atoms with van der Waals surface area (Å²) in [6, 6.07) is 10.6. The van der Waals surface area contributed by atoms with Crippen LogP contribution in [-0.4, -0.2) is 39.6 Å². The molecule has 2 aromatic rings. The van der Waals surface area contributed by atoms with E-state index in [9.17, 15) is 9.59 Å². The number of allylic oxidation sites excluding steroid dienone is 1. The van der Waals surface area contributed by atoms with Crippen LogP contribution < -0.4 is 19.1 Å². The Bertz CT molecular complexity index is 877. The van der Waals surface area contributed by atoms with Gasteiger partial charge in [0.2, 0.25) is 11.7 Å². The zero-order valence-electron chi connectivity index (χ0n) is 16.2. The molecule has 6 nitrogen and oxygen atoms in total. The maximum Gasteiger partial charge on any atom is 0.227 e. The lowest BCUT2D eigenvalue weighted by atomic mass is 10.1. The van der Waals surface area contributed by atoms with E-state index in [0.29, 0.717) is 29.2 Å². The van der Waals surface area contributed by atoms with Gasteiger partial charge in [-0.2, -0.15) is 0 Å². The number of methoxy groups -OCH3 is 3. The van der Waals surface area contributed by atoms with Gasteiger partial charge >= 0.3 is 0 Å². The summed E-state index contributed by atoms with van der Waals surface area (Å²) in [4.78, 5) is 26.1. The molecule has 2 aromatic carbocycles. The molecule has 1 aliphatic rings. The Labute approximate surface area is 164 Å². The monoisotopic (exact) mass is 381 g/mol. The quantitative estimate of drug-likeness (QED) is 0.540. The normalized spacial score (nSPS) is 13.8. The summed E-state index contributed by atoms with van der Waals surface area (Å²) in [6.07, 6.45) is 4.65. The number of ketones is 1. The first kappa shape index (κ1) is 19.5. The Kier molecular flexibility index (Phi) is 5.99. The molecular weight excluding hydrogens is 358 g/mol. The number of hydrogen-bond donors (Lipinski definition) is 0. The van der Waals surface area contributed by atoms with Crippen molar-refractivity contribution in [2.24, 2.45) is 0 Å². The average molecular weight is 381 g/mol. The molecule has 1 saturated heterocycles. The van der Waals surface area contributed by atoms with Crippen molar-refractivity contribution in [2.75, 3.05) is 32.8 Å². The van der Waals surface area contributed by atoms with Gasteiger partial charge in [0.1, 0.15) is 0 Å². The summed E-state index contributed by atoms with van der Waals surface area (Å²) in [5, 5.41) is 0. The average Bonchev–Trinajstić information content (AvgIpc) is 3.16. The maximum absolute atomic E-state index is 12.5. The number of nitrogens with zero attached hydrogens (tertiary/aromatic N) is 1. The molecule has 0 aromatic heterocycles. The summed E-state index contributed by atoms with van der Waals surface area (Å²) in [5.41, 5.74) is 2.13. The lowest BCUT2D eigenvalue weighted by Gasteiger charge is -2.15. The molecule has 0 spiro atoms. The third-order valence-corrected chi connectivity index (χ3v) is 4.65. The Morgan fingerprint density at radius 1 is 1.00 bits per heavy atom. The molecule has 28 heavy (non-hydrogen) atoms. The van der Waals surface area contributed by atoms with Gasteiger partial charge in [0, 0.05) is 24.2 Å². The van der Waals surface area contributed by atoms with Crippen molar-refractivity contribution in [1.82, 2.24) is 0 Å². The molecule has 1 aliphatic heterocycles. The maximum atomic E-state index is 12.5. The van der Waals surface area contributed by atoms with E-state index in [0.717, 1.165) is 24.2 Å². The first-order chi connectivity index (χ1) is 13.6. The molecule has 1 heterocycles. The Hall–Kier alpha value is -3.28. The topological polar surface area (TPSA) is 65.1 Å². The van der Waals surface area contributed by atoms with E-state index >= 15 is 0 Å². The molecule has 0 atom stereocenters. The number of carbonyl (C=O) groups is 2. The molecule has 0 bridgehead atoms. The van der Waals surface area contributed by atoms with Crippen molar-refractivity contribution in [2.45, 2.75) is 12.8 Å². The number of carbonyl (C=O) groups excluding carboxylic acids is 2.